The molecule has 1 heterocycles. The smallest absolute Gasteiger partial charge is 0.251 e. The molecule has 4 rings (SSSR count). The molecule has 35 heavy (non-hydrogen) atoms. The first-order chi connectivity index (χ1) is 16.0. The van der Waals surface area contributed by atoms with Crippen LogP contribution in [0.5, 0.6) is 0 Å². The number of benzene rings is 3. The summed E-state index contributed by atoms with van der Waals surface area (Å²) < 4.78 is 2.28. The number of amides is 1. The highest BCUT2D eigenvalue weighted by atomic mass is 32.2. The van der Waals surface area contributed by atoms with Gasteiger partial charge in [-0.3, -0.25) is 4.79 Å². The van der Waals surface area contributed by atoms with Crippen LogP contribution in [0.4, 0.5) is 0 Å². The van der Waals surface area contributed by atoms with Crippen molar-refractivity contribution in [2.24, 2.45) is 0 Å². The van der Waals surface area contributed by atoms with Crippen molar-refractivity contribution in [3.8, 4) is 0 Å². The van der Waals surface area contributed by atoms with Crippen LogP contribution in [0.2, 0.25) is 0 Å². The number of hydrogen-bond acceptors (Lipinski definition) is 3. The molecule has 0 saturated carbocycles. The second kappa shape index (κ2) is 12.5. The van der Waals surface area contributed by atoms with Crippen LogP contribution in [0.15, 0.2) is 71.6 Å². The summed E-state index contributed by atoms with van der Waals surface area (Å²) in [5.74, 6) is 2.00. The second-order valence-electron chi connectivity index (χ2n) is 8.56. The van der Waals surface area contributed by atoms with Crippen LogP contribution in [0, 0.1) is 6.92 Å². The zero-order valence-electron chi connectivity index (χ0n) is 20.8. The molecule has 0 atom stereocenters. The number of fused-ring (bicyclic) bond motifs is 1. The molecule has 1 aromatic heterocycles. The Labute approximate surface area is 212 Å². The van der Waals surface area contributed by atoms with Crippen LogP contribution in [0.25, 0.3) is 11.0 Å². The molecule has 0 aliphatic rings. The Balaban J connectivity index is 0.00000216. The highest BCUT2D eigenvalue weighted by molar-refractivity contribution is 7.99. The average molecular weight is 496 g/mol. The van der Waals surface area contributed by atoms with Crippen molar-refractivity contribution in [1.29, 1.82) is 0 Å². The summed E-state index contributed by atoms with van der Waals surface area (Å²) in [5.41, 5.74) is 6.19. The van der Waals surface area contributed by atoms with Gasteiger partial charge in [0.1, 0.15) is 5.82 Å². The maximum absolute atomic E-state index is 12.8. The van der Waals surface area contributed by atoms with Crippen LogP contribution in [0.1, 0.15) is 61.1 Å². The largest absolute Gasteiger partial charge is 0.412 e. The molecule has 188 valence electrons. The number of hydrogen-bond donors (Lipinski definition) is 1. The number of aromatic nitrogens is 2. The van der Waals surface area contributed by atoms with E-state index >= 15 is 0 Å². The molecule has 4 aromatic rings. The number of imidazole rings is 1. The van der Waals surface area contributed by atoms with E-state index in [1.807, 2.05) is 30.0 Å². The van der Waals surface area contributed by atoms with Gasteiger partial charge in [0.25, 0.3) is 5.91 Å². The lowest BCUT2D eigenvalue weighted by molar-refractivity contribution is 0.0951. The van der Waals surface area contributed by atoms with Crippen molar-refractivity contribution in [2.45, 2.75) is 51.6 Å². The summed E-state index contributed by atoms with van der Waals surface area (Å²) in [6.45, 7) is 9.13. The highest BCUT2D eigenvalue weighted by Gasteiger charge is 2.16. The quantitative estimate of drug-likeness (QED) is 0.341. The zero-order chi connectivity index (χ0) is 23.4. The van der Waals surface area contributed by atoms with E-state index in [9.17, 15) is 4.79 Å². The minimum absolute atomic E-state index is 0. The van der Waals surface area contributed by atoms with Gasteiger partial charge in [-0.25, -0.2) is 4.98 Å². The molecule has 0 fully saturated rings. The van der Waals surface area contributed by atoms with Gasteiger partial charge in [0.2, 0.25) is 0 Å². The van der Waals surface area contributed by atoms with E-state index in [2.05, 4.69) is 86.1 Å². The van der Waals surface area contributed by atoms with E-state index in [1.165, 1.54) is 16.0 Å². The average Bonchev–Trinajstić information content (AvgIpc) is 3.17. The Morgan fingerprint density at radius 3 is 2.43 bits per heavy atom. The molecule has 0 saturated heterocycles. The minimum atomic E-state index is -0.0801. The zero-order valence-corrected chi connectivity index (χ0v) is 21.6. The summed E-state index contributed by atoms with van der Waals surface area (Å²) in [5, 5.41) is 3.04. The number of aryl methyl sites for hydroxylation is 1. The van der Waals surface area contributed by atoms with Crippen molar-refractivity contribution in [1.82, 2.24) is 14.9 Å². The van der Waals surface area contributed by atoms with E-state index < -0.39 is 0 Å². The molecule has 0 unspecified atom stereocenters. The van der Waals surface area contributed by atoms with Gasteiger partial charge in [0.15, 0.2) is 0 Å². The summed E-state index contributed by atoms with van der Waals surface area (Å²) in [7, 11) is 0. The maximum atomic E-state index is 12.8. The highest BCUT2D eigenvalue weighted by Crippen LogP contribution is 2.25. The predicted molar refractivity (Wildman–Crippen MR) is 147 cm³/mol. The molecule has 7 heteroatoms. The summed E-state index contributed by atoms with van der Waals surface area (Å²) in [6, 6.07) is 22.9. The first-order valence-corrected chi connectivity index (χ1v) is 12.5. The third kappa shape index (κ3) is 6.51. The normalized spacial score (nSPS) is 10.7. The number of nitrogens with zero attached hydrogens (tertiary/aromatic N) is 2. The Morgan fingerprint density at radius 2 is 1.77 bits per heavy atom. The van der Waals surface area contributed by atoms with Gasteiger partial charge >= 0.3 is 0 Å². The topological polar surface area (TPSA) is 110 Å². The fourth-order valence-corrected chi connectivity index (χ4v) is 4.79. The lowest BCUT2D eigenvalue weighted by Gasteiger charge is -2.14. The molecule has 5 N–H and O–H groups in total. The van der Waals surface area contributed by atoms with Gasteiger partial charge in [0, 0.05) is 30.9 Å². The third-order valence-corrected chi connectivity index (χ3v) is 6.73. The molecule has 0 aliphatic carbocycles. The molecule has 0 aliphatic heterocycles. The molecule has 0 radical (unpaired) electrons. The molecule has 0 spiro atoms. The Morgan fingerprint density at radius 1 is 1.06 bits per heavy atom. The third-order valence-electron chi connectivity index (χ3n) is 5.84. The van der Waals surface area contributed by atoms with Crippen molar-refractivity contribution >= 4 is 28.7 Å². The van der Waals surface area contributed by atoms with E-state index in [0.717, 1.165) is 34.6 Å². The van der Waals surface area contributed by atoms with E-state index in [-0.39, 0.29) is 24.3 Å². The first kappa shape index (κ1) is 28.1. The maximum Gasteiger partial charge on any atom is 0.251 e. The van der Waals surface area contributed by atoms with Crippen molar-refractivity contribution in [3.05, 3.63) is 94.8 Å². The Hall–Kier alpha value is -3.13. The number of nitrogens with one attached hydrogen (secondary N) is 1. The predicted octanol–water partition coefficient (Wildman–Crippen LogP) is 5.16. The standard InChI is InChI=1S/C28H31N3OS.2H2O.H2/c1-5-33-24-13-10-21(11-14-24)18-29-28(32)23-12-15-26-25(16-23)30-27(31(26)19(2)3)17-22-9-7-6-8-20(22)4;;;/h6-16,19H,5,17-18H2,1-4H3,(H,29,32);2*1H2;1H. The Bertz CT molecular complexity index is 1270. The lowest BCUT2D eigenvalue weighted by atomic mass is 10.1. The molecule has 6 nitrogen and oxygen atoms in total. The number of carbonyl (C=O) groups excluding carboxylic acids is 1. The monoisotopic (exact) mass is 495 g/mol. The number of thioether (sulfide) groups is 1. The van der Waals surface area contributed by atoms with E-state index in [4.69, 9.17) is 4.98 Å². The van der Waals surface area contributed by atoms with Crippen molar-refractivity contribution in [3.63, 3.8) is 0 Å². The number of carbonyl (C=O) groups is 1. The summed E-state index contributed by atoms with van der Waals surface area (Å²) in [6.07, 6.45) is 0.771. The molecular formula is C28H37N3O3S. The van der Waals surface area contributed by atoms with Gasteiger partial charge in [-0.15, -0.1) is 11.8 Å². The molecule has 3 aromatic carbocycles. The van der Waals surface area contributed by atoms with Crippen LogP contribution in [-0.4, -0.2) is 32.2 Å². The van der Waals surface area contributed by atoms with Crippen LogP contribution in [0.3, 0.4) is 0 Å². The fourth-order valence-electron chi connectivity index (χ4n) is 4.12. The van der Waals surface area contributed by atoms with Crippen LogP contribution >= 0.6 is 11.8 Å². The van der Waals surface area contributed by atoms with Gasteiger partial charge in [0.05, 0.1) is 11.0 Å². The van der Waals surface area contributed by atoms with E-state index in [1.54, 1.807) is 0 Å². The fraction of sp³-hybridized carbons (Fsp3) is 0.286. The lowest BCUT2D eigenvalue weighted by Crippen LogP contribution is -2.22. The van der Waals surface area contributed by atoms with Gasteiger partial charge in [-0.05, 0) is 73.5 Å². The minimum Gasteiger partial charge on any atom is -0.412 e. The van der Waals surface area contributed by atoms with Crippen molar-refractivity contribution < 1.29 is 17.2 Å². The summed E-state index contributed by atoms with van der Waals surface area (Å²) >= 11 is 1.82. The van der Waals surface area contributed by atoms with Gasteiger partial charge in [-0.1, -0.05) is 43.3 Å². The van der Waals surface area contributed by atoms with Crippen LogP contribution < -0.4 is 5.32 Å². The van der Waals surface area contributed by atoms with E-state index in [0.29, 0.717) is 12.1 Å². The molecular weight excluding hydrogens is 458 g/mol. The van der Waals surface area contributed by atoms with Gasteiger partial charge < -0.3 is 20.8 Å². The van der Waals surface area contributed by atoms with Crippen molar-refractivity contribution in [2.75, 3.05) is 5.75 Å². The number of rotatable bonds is 8. The molecule has 0 bridgehead atoms. The SMILES string of the molecule is CCSc1ccc(CNC(=O)c2ccc3c(c2)nc(Cc2ccccc2C)n3C(C)C)cc1.O.O.[HH]. The summed E-state index contributed by atoms with van der Waals surface area (Å²) in [4.78, 5) is 19.0. The molecule has 1 amide bonds. The van der Waals surface area contributed by atoms with Crippen LogP contribution in [-0.2, 0) is 13.0 Å². The Kier molecular flexibility index (Phi) is 10.1. The van der Waals surface area contributed by atoms with Gasteiger partial charge in [-0.2, -0.15) is 0 Å². The second-order valence-corrected chi connectivity index (χ2v) is 9.90. The first-order valence-electron chi connectivity index (χ1n) is 11.5.